The largest absolute Gasteiger partial charge is 0.434 e. The van der Waals surface area contributed by atoms with Gasteiger partial charge in [0.25, 0.3) is 0 Å². The molecule has 0 unspecified atom stereocenters. The molecule has 16 rings (SSSR count). The Balaban J connectivity index is 0.000000153. The van der Waals surface area contributed by atoms with Crippen molar-refractivity contribution in [3.8, 4) is 0 Å². The number of rotatable bonds is 12. The summed E-state index contributed by atoms with van der Waals surface area (Å²) >= 11 is 17.9. The molecular formula is C83H136Cl3F3N24O4. The summed E-state index contributed by atoms with van der Waals surface area (Å²) in [5.74, 6) is 10.2. The second-order valence-electron chi connectivity index (χ2n) is 33.7. The van der Waals surface area contributed by atoms with Gasteiger partial charge in [0.05, 0.1) is 11.9 Å². The molecule has 654 valence electrons. The van der Waals surface area contributed by atoms with Crippen LogP contribution in [-0.4, -0.2) is 301 Å². The highest BCUT2D eigenvalue weighted by atomic mass is 35.5. The van der Waals surface area contributed by atoms with Crippen LogP contribution in [0.5, 0.6) is 0 Å². The SMILES string of the molecule is CCOCn1ccnc1C1CCN(C)CC1.CN1CCC(O)(c2ncc[nH]2)CC1.CN1CCC(O)(c2nccn2C)CC1.CN1CCC(c2nc(C(F)(F)F)cn2C)CC1.CN1CCC(c2nc(Cl)c(Cl)n2C)CC1.CN1CCC(c2ncc(Cl)n2C)CC1.COC1(c2ncc[nH]2)CCN(C)CC1.Cc1cn(C)c(C2CCN(C)CC2)n1. The number of halogens is 6. The number of nitrogens with one attached hydrogen (secondary N) is 2. The van der Waals surface area contributed by atoms with E-state index in [1.807, 2.05) is 73.6 Å². The van der Waals surface area contributed by atoms with E-state index in [1.54, 1.807) is 45.1 Å². The predicted molar refractivity (Wildman–Crippen MR) is 456 cm³/mol. The van der Waals surface area contributed by atoms with Crippen LogP contribution < -0.4 is 0 Å². The number of aryl methyl sites for hydroxylation is 4. The summed E-state index contributed by atoms with van der Waals surface area (Å²) in [5.41, 5.74) is -1.27. The highest BCUT2D eigenvalue weighted by Gasteiger charge is 2.40. The van der Waals surface area contributed by atoms with Gasteiger partial charge in [-0.3, -0.25) is 0 Å². The van der Waals surface area contributed by atoms with Crippen molar-refractivity contribution in [3.05, 3.63) is 142 Å². The number of methoxy groups -OCH3 is 1. The molecule has 8 aromatic heterocycles. The van der Waals surface area contributed by atoms with Crippen LogP contribution in [0.1, 0.15) is 197 Å². The Morgan fingerprint density at radius 1 is 0.453 bits per heavy atom. The van der Waals surface area contributed by atoms with Crippen molar-refractivity contribution >= 4 is 34.8 Å². The molecule has 0 aromatic carbocycles. The number of hydrogen-bond acceptors (Lipinski definition) is 20. The number of likely N-dealkylation sites (tertiary alicyclic amines) is 8. The molecule has 0 radical (unpaired) electrons. The number of nitrogens with zero attached hydrogens (tertiary/aromatic N) is 22. The maximum absolute atomic E-state index is 12.5. The summed E-state index contributed by atoms with van der Waals surface area (Å²) in [5, 5.41) is 22.4. The van der Waals surface area contributed by atoms with Crippen molar-refractivity contribution in [1.82, 2.24) is 116 Å². The fraction of sp³-hybridized carbons (Fsp3) is 0.711. The molecule has 0 aliphatic carbocycles. The lowest BCUT2D eigenvalue weighted by atomic mass is 9.90. The third-order valence-corrected chi connectivity index (χ3v) is 25.9. The van der Waals surface area contributed by atoms with E-state index >= 15 is 0 Å². The molecule has 0 amide bonds. The van der Waals surface area contributed by atoms with Gasteiger partial charge in [0, 0.05) is 180 Å². The number of aliphatic hydroxyl groups is 2. The van der Waals surface area contributed by atoms with Crippen molar-refractivity contribution in [2.45, 2.75) is 176 Å². The zero-order chi connectivity index (χ0) is 84.8. The highest BCUT2D eigenvalue weighted by molar-refractivity contribution is 6.40. The second kappa shape index (κ2) is 44.6. The number of imidazole rings is 8. The molecule has 0 saturated carbocycles. The first-order chi connectivity index (χ1) is 55.7. The lowest BCUT2D eigenvalue weighted by molar-refractivity contribution is -0.141. The fourth-order valence-corrected chi connectivity index (χ4v) is 17.2. The van der Waals surface area contributed by atoms with Gasteiger partial charge in [-0.2, -0.15) is 13.2 Å². The molecule has 117 heavy (non-hydrogen) atoms. The molecule has 0 atom stereocenters. The Morgan fingerprint density at radius 3 is 1.24 bits per heavy atom. The van der Waals surface area contributed by atoms with Crippen molar-refractivity contribution in [3.63, 3.8) is 0 Å². The Bertz CT molecular complexity index is 4090. The lowest BCUT2D eigenvalue weighted by Crippen LogP contribution is -2.42. The Kier molecular flexibility index (Phi) is 36.1. The van der Waals surface area contributed by atoms with Crippen LogP contribution in [0.25, 0.3) is 0 Å². The molecule has 34 heteroatoms. The van der Waals surface area contributed by atoms with Gasteiger partial charge in [0.2, 0.25) is 0 Å². The zero-order valence-corrected chi connectivity index (χ0v) is 74.9. The first-order valence-electron chi connectivity index (χ1n) is 41.9. The molecule has 28 nitrogen and oxygen atoms in total. The van der Waals surface area contributed by atoms with Crippen LogP contribution in [0.15, 0.2) is 68.2 Å². The molecular weight excluding hydrogens is 1560 g/mol. The Labute approximate surface area is 707 Å². The van der Waals surface area contributed by atoms with E-state index in [9.17, 15) is 23.4 Å². The topological polar surface area (TPSA) is 249 Å². The van der Waals surface area contributed by atoms with Gasteiger partial charge in [-0.1, -0.05) is 34.8 Å². The van der Waals surface area contributed by atoms with E-state index in [0.29, 0.717) is 52.4 Å². The van der Waals surface area contributed by atoms with E-state index in [-0.39, 0.29) is 11.5 Å². The maximum atomic E-state index is 12.5. The average molecular weight is 1700 g/mol. The van der Waals surface area contributed by atoms with Gasteiger partial charge in [0.1, 0.15) is 80.4 Å². The lowest BCUT2D eigenvalue weighted by Gasteiger charge is -2.38. The first kappa shape index (κ1) is 94.7. The van der Waals surface area contributed by atoms with Gasteiger partial charge >= 0.3 is 6.18 Å². The van der Waals surface area contributed by atoms with Gasteiger partial charge < -0.3 is 96.3 Å². The molecule has 0 bridgehead atoms. The summed E-state index contributed by atoms with van der Waals surface area (Å²) in [4.78, 5) is 58.8. The van der Waals surface area contributed by atoms with Gasteiger partial charge in [-0.25, -0.2) is 39.9 Å². The smallest absolute Gasteiger partial charge is 0.382 e. The summed E-state index contributed by atoms with van der Waals surface area (Å²) in [6.07, 6.45) is 31.6. The number of aromatic amines is 2. The van der Waals surface area contributed by atoms with Crippen molar-refractivity contribution in [2.75, 3.05) is 175 Å². The van der Waals surface area contributed by atoms with Crippen molar-refractivity contribution in [1.29, 1.82) is 0 Å². The third-order valence-electron chi connectivity index (χ3n) is 24.7. The zero-order valence-electron chi connectivity index (χ0n) is 72.6. The minimum absolute atomic E-state index is 0.146. The van der Waals surface area contributed by atoms with E-state index in [1.165, 1.54) is 80.9 Å². The summed E-state index contributed by atoms with van der Waals surface area (Å²) in [7, 11) is 28.4. The van der Waals surface area contributed by atoms with Gasteiger partial charge in [-0.05, 0) is 238 Å². The van der Waals surface area contributed by atoms with Crippen LogP contribution >= 0.6 is 34.8 Å². The molecule has 8 aliphatic heterocycles. The summed E-state index contributed by atoms with van der Waals surface area (Å²) < 4.78 is 60.3. The number of piperidine rings is 8. The standard InChI is InChI=1S/C12H21N3O.C11H16F3N3.C11H19N3.C10H15Cl2N3.C10H16ClN3.2C10H17N3O.C9H15N3O/c1-3-16-10-15-9-6-13-12(15)11-4-7-14(2)8-5-11;1-16-5-3-8(4-6-16)10-15-9(7-17(10)2)11(12,13)14;1-9-8-14(3)11(12-9)10-4-6-13(2)7-5-10;1-14-5-3-7(4-6-14)10-13-8(11)9(12)15(10)2;1-13-5-3-8(4-6-13)10-12-7-9(11)14(10)2;1-13-7-3-10(14-2,4-8-13)9-11-5-6-12-9;1-12-6-3-10(14,4-7-12)9-11-5-8-13(9)2;1-12-6-2-9(13,3-7-12)8-10-4-5-11-8/h6,9,11H,3-5,7-8,10H2,1-2H3;7-8H,3-6H2,1-2H3;8,10H,4-7H2,1-3H3;7H,3-6H2,1-2H3;7-8H,3-6H2,1-2H3;5-6H,3-4,7-8H2,1-2H3,(H,11,12);5,8,14H,3-4,6-7H2,1-2H3;4-5,13H,2-3,6-7H2,1H3,(H,10,11). The van der Waals surface area contributed by atoms with Crippen LogP contribution in [0.2, 0.25) is 15.5 Å². The van der Waals surface area contributed by atoms with Crippen LogP contribution in [0.4, 0.5) is 13.2 Å². The molecule has 8 aromatic rings. The number of H-pyrrole nitrogens is 2. The molecule has 0 spiro atoms. The Hall–Kier alpha value is -6.14. The predicted octanol–water partition coefficient (Wildman–Crippen LogP) is 11.5. The van der Waals surface area contributed by atoms with E-state index in [4.69, 9.17) is 44.3 Å². The van der Waals surface area contributed by atoms with Crippen LogP contribution in [0.3, 0.4) is 0 Å². The maximum Gasteiger partial charge on any atom is 0.434 e. The minimum atomic E-state index is -4.35. The number of hydrogen-bond donors (Lipinski definition) is 4. The van der Waals surface area contributed by atoms with E-state index in [0.717, 1.165) is 190 Å². The van der Waals surface area contributed by atoms with Crippen LogP contribution in [0, 0.1) is 6.92 Å². The van der Waals surface area contributed by atoms with E-state index < -0.39 is 23.1 Å². The molecule has 8 aliphatic rings. The quantitative estimate of drug-likeness (QED) is 0.0887. The molecule has 8 fully saturated rings. The monoisotopic (exact) mass is 1700 g/mol. The first-order valence-corrected chi connectivity index (χ1v) is 43.0. The van der Waals surface area contributed by atoms with Crippen LogP contribution in [-0.2, 0) is 74.4 Å². The normalized spacial score (nSPS) is 20.8. The van der Waals surface area contributed by atoms with Gasteiger partial charge in [-0.15, -0.1) is 0 Å². The number of alkyl halides is 3. The molecule has 16 heterocycles. The fourth-order valence-electron chi connectivity index (χ4n) is 16.7. The Morgan fingerprint density at radius 2 is 0.863 bits per heavy atom. The van der Waals surface area contributed by atoms with Gasteiger partial charge in [0.15, 0.2) is 10.8 Å². The molecule has 4 N–H and O–H groups in total. The van der Waals surface area contributed by atoms with Crippen molar-refractivity contribution < 1.29 is 32.9 Å². The third kappa shape index (κ3) is 26.9. The summed E-state index contributed by atoms with van der Waals surface area (Å²) in [6, 6.07) is 0. The number of aromatic nitrogens is 16. The second-order valence-corrected chi connectivity index (χ2v) is 34.8. The van der Waals surface area contributed by atoms with Crippen molar-refractivity contribution in [2.24, 2.45) is 35.2 Å². The molecule has 8 saturated heterocycles. The average Bonchev–Trinajstić information content (AvgIpc) is 1.70. The highest BCUT2D eigenvalue weighted by Crippen LogP contribution is 2.38. The van der Waals surface area contributed by atoms with E-state index in [2.05, 4.69) is 168 Å². The minimum Gasteiger partial charge on any atom is -0.382 e. The summed E-state index contributed by atoms with van der Waals surface area (Å²) in [6.45, 7) is 22.5. The number of ether oxygens (including phenoxy) is 2.